The molecule has 1 saturated carbocycles. The van der Waals surface area contributed by atoms with Gasteiger partial charge in [0.15, 0.2) is 5.82 Å². The van der Waals surface area contributed by atoms with Crippen LogP contribution in [0.15, 0.2) is 36.4 Å². The highest BCUT2D eigenvalue weighted by molar-refractivity contribution is 6.01. The maximum Gasteiger partial charge on any atom is 0.407 e. The number of anilines is 1. The van der Waals surface area contributed by atoms with Crippen molar-refractivity contribution in [3.63, 3.8) is 0 Å². The Kier molecular flexibility index (Phi) is 7.29. The Labute approximate surface area is 238 Å². The third-order valence-electron chi connectivity index (χ3n) is 7.67. The molecule has 2 aliphatic rings. The molecule has 11 heteroatoms. The number of nitrogens with zero attached hydrogens (tertiary/aromatic N) is 3. The summed E-state index contributed by atoms with van der Waals surface area (Å²) in [6.07, 6.45) is 2.76. The van der Waals surface area contributed by atoms with Gasteiger partial charge in [0, 0.05) is 41.8 Å². The maximum atomic E-state index is 13.2. The van der Waals surface area contributed by atoms with Gasteiger partial charge in [-0.15, -0.1) is 0 Å². The molecule has 2 aromatic carbocycles. The zero-order chi connectivity index (χ0) is 28.6. The number of hydrogen-bond acceptors (Lipinski definition) is 7. The smallest absolute Gasteiger partial charge is 0.407 e. The van der Waals surface area contributed by atoms with E-state index < -0.39 is 11.7 Å². The van der Waals surface area contributed by atoms with E-state index in [1.54, 1.807) is 0 Å². The highest BCUT2D eigenvalue weighted by Gasteiger charge is 2.26. The van der Waals surface area contributed by atoms with Crippen LogP contribution in [0.4, 0.5) is 10.5 Å². The number of H-pyrrole nitrogens is 2. The minimum Gasteiger partial charge on any atom is -0.444 e. The number of ether oxygens (including phenoxy) is 2. The van der Waals surface area contributed by atoms with Gasteiger partial charge in [-0.05, 0) is 82.9 Å². The van der Waals surface area contributed by atoms with Gasteiger partial charge >= 0.3 is 6.09 Å². The fourth-order valence-corrected chi connectivity index (χ4v) is 5.59. The monoisotopic (exact) mass is 559 g/mol. The van der Waals surface area contributed by atoms with Crippen molar-refractivity contribution in [3.8, 4) is 11.5 Å². The van der Waals surface area contributed by atoms with Gasteiger partial charge in [-0.2, -0.15) is 5.10 Å². The summed E-state index contributed by atoms with van der Waals surface area (Å²) in [5, 5.41) is 14.5. The predicted molar refractivity (Wildman–Crippen MR) is 157 cm³/mol. The van der Waals surface area contributed by atoms with Crippen molar-refractivity contribution in [2.45, 2.75) is 64.1 Å². The largest absolute Gasteiger partial charge is 0.444 e. The third-order valence-corrected chi connectivity index (χ3v) is 7.67. The Morgan fingerprint density at radius 3 is 2.44 bits per heavy atom. The number of imidazole rings is 1. The minimum absolute atomic E-state index is 0.0507. The van der Waals surface area contributed by atoms with Crippen LogP contribution in [0.25, 0.3) is 33.5 Å². The molecule has 6 rings (SSSR count). The van der Waals surface area contributed by atoms with Crippen molar-refractivity contribution in [1.29, 1.82) is 0 Å². The molecule has 4 N–H and O–H groups in total. The van der Waals surface area contributed by atoms with E-state index in [0.717, 1.165) is 79.6 Å². The summed E-state index contributed by atoms with van der Waals surface area (Å²) >= 11 is 0. The van der Waals surface area contributed by atoms with Gasteiger partial charge in [-0.3, -0.25) is 9.89 Å². The average Bonchev–Trinajstić information content (AvgIpc) is 3.56. The molecule has 2 amide bonds. The van der Waals surface area contributed by atoms with Gasteiger partial charge in [-0.25, -0.2) is 9.78 Å². The second-order valence-electron chi connectivity index (χ2n) is 11.9. The first kappa shape index (κ1) is 27.1. The van der Waals surface area contributed by atoms with Crippen LogP contribution in [-0.4, -0.2) is 76.2 Å². The van der Waals surface area contributed by atoms with E-state index in [-0.39, 0.29) is 18.0 Å². The van der Waals surface area contributed by atoms with E-state index in [9.17, 15) is 9.59 Å². The molecule has 216 valence electrons. The number of nitrogens with one attached hydrogen (secondary N) is 4. The van der Waals surface area contributed by atoms with Crippen molar-refractivity contribution >= 4 is 39.6 Å². The molecule has 4 aromatic rings. The number of aromatic amines is 2. The summed E-state index contributed by atoms with van der Waals surface area (Å²) in [4.78, 5) is 35.8. The van der Waals surface area contributed by atoms with Crippen molar-refractivity contribution < 1.29 is 19.1 Å². The van der Waals surface area contributed by atoms with Gasteiger partial charge in [0.1, 0.15) is 11.3 Å². The van der Waals surface area contributed by atoms with Crippen LogP contribution >= 0.6 is 0 Å². The summed E-state index contributed by atoms with van der Waals surface area (Å²) < 4.78 is 10.8. The molecule has 11 nitrogen and oxygen atoms in total. The topological polar surface area (TPSA) is 137 Å². The molecule has 1 aliphatic heterocycles. The first-order valence-electron chi connectivity index (χ1n) is 14.3. The fourth-order valence-electron chi connectivity index (χ4n) is 5.59. The lowest BCUT2D eigenvalue weighted by molar-refractivity contribution is 0.0488. The summed E-state index contributed by atoms with van der Waals surface area (Å²) in [5.74, 6) is 0.529. The normalized spacial score (nSPS) is 19.8. The molecular formula is C30H37N7O4. The van der Waals surface area contributed by atoms with Crippen LogP contribution in [0.5, 0.6) is 0 Å². The first-order chi connectivity index (χ1) is 19.7. The van der Waals surface area contributed by atoms with Crippen molar-refractivity contribution in [2.24, 2.45) is 0 Å². The molecule has 0 atom stereocenters. The van der Waals surface area contributed by atoms with E-state index in [1.165, 1.54) is 0 Å². The van der Waals surface area contributed by atoms with Crippen molar-refractivity contribution in [3.05, 3.63) is 42.0 Å². The van der Waals surface area contributed by atoms with E-state index in [1.807, 2.05) is 45.0 Å². The third kappa shape index (κ3) is 6.14. The first-order valence-corrected chi connectivity index (χ1v) is 14.3. The number of rotatable bonds is 5. The number of fused-ring (bicyclic) bond motifs is 2. The second kappa shape index (κ2) is 11.0. The number of alkyl carbamates (subject to hydrolysis) is 1. The van der Waals surface area contributed by atoms with Crippen LogP contribution in [0.1, 0.15) is 56.8 Å². The van der Waals surface area contributed by atoms with Gasteiger partial charge in [-0.1, -0.05) is 0 Å². The van der Waals surface area contributed by atoms with E-state index >= 15 is 0 Å². The van der Waals surface area contributed by atoms with Crippen LogP contribution < -0.4 is 15.5 Å². The summed E-state index contributed by atoms with van der Waals surface area (Å²) in [5.41, 5.74) is 4.48. The van der Waals surface area contributed by atoms with E-state index in [0.29, 0.717) is 17.1 Å². The van der Waals surface area contributed by atoms with Crippen molar-refractivity contribution in [1.82, 2.24) is 30.8 Å². The lowest BCUT2D eigenvalue weighted by Gasteiger charge is -2.30. The molecule has 1 aliphatic carbocycles. The number of carbonyl (C=O) groups excluding carboxylic acids is 2. The van der Waals surface area contributed by atoms with Crippen LogP contribution in [-0.2, 0) is 9.47 Å². The Bertz CT molecular complexity index is 1560. The molecule has 3 heterocycles. The number of benzene rings is 2. The molecule has 0 bridgehead atoms. The number of amides is 2. The number of aromatic nitrogens is 4. The molecule has 2 fully saturated rings. The Morgan fingerprint density at radius 1 is 0.976 bits per heavy atom. The van der Waals surface area contributed by atoms with Gasteiger partial charge in [0.25, 0.3) is 5.91 Å². The Morgan fingerprint density at radius 2 is 1.71 bits per heavy atom. The molecule has 0 radical (unpaired) electrons. The van der Waals surface area contributed by atoms with Gasteiger partial charge in [0.2, 0.25) is 0 Å². The molecular weight excluding hydrogens is 522 g/mol. The summed E-state index contributed by atoms with van der Waals surface area (Å²) in [6.45, 7) is 8.74. The molecule has 41 heavy (non-hydrogen) atoms. The number of morpholine rings is 1. The lowest BCUT2D eigenvalue weighted by atomic mass is 9.91. The highest BCUT2D eigenvalue weighted by atomic mass is 16.6. The highest BCUT2D eigenvalue weighted by Crippen LogP contribution is 2.29. The number of hydrogen-bond donors (Lipinski definition) is 4. The maximum absolute atomic E-state index is 13.2. The van der Waals surface area contributed by atoms with Crippen molar-refractivity contribution in [2.75, 3.05) is 31.2 Å². The molecule has 1 saturated heterocycles. The van der Waals surface area contributed by atoms with Crippen LogP contribution in [0.3, 0.4) is 0 Å². The predicted octanol–water partition coefficient (Wildman–Crippen LogP) is 4.51. The quantitative estimate of drug-likeness (QED) is 0.282. The van der Waals surface area contributed by atoms with Crippen LogP contribution in [0, 0.1) is 0 Å². The SMILES string of the molecule is CC(C)(C)OC(=O)NC1CCC(NC(=O)c2ccc3[nH]nc(-c4nc5ccc(N6CCOCC6)cc5[nH]4)c3c2)CC1. The van der Waals surface area contributed by atoms with Gasteiger partial charge < -0.3 is 30.0 Å². The van der Waals surface area contributed by atoms with Gasteiger partial charge in [0.05, 0.1) is 29.8 Å². The molecule has 2 aromatic heterocycles. The second-order valence-corrected chi connectivity index (χ2v) is 11.9. The zero-order valence-electron chi connectivity index (χ0n) is 23.8. The lowest BCUT2D eigenvalue weighted by Crippen LogP contribution is -2.45. The molecule has 0 spiro atoms. The standard InChI is InChI=1S/C30H37N7O4/c1-30(2,3)41-29(39)32-20-7-5-19(6-8-20)31-28(38)18-4-10-23-22(16-18)26(36-35-23)27-33-24-11-9-21(17-25(24)34-27)37-12-14-40-15-13-37/h4,9-11,16-17,19-20H,5-8,12-15H2,1-3H3,(H,31,38)(H,32,39)(H,33,34)(H,35,36). The summed E-state index contributed by atoms with van der Waals surface area (Å²) in [7, 11) is 0. The Balaban J connectivity index is 1.12. The average molecular weight is 560 g/mol. The zero-order valence-corrected chi connectivity index (χ0v) is 23.8. The summed E-state index contributed by atoms with van der Waals surface area (Å²) in [6, 6.07) is 11.9. The molecule has 0 unspecified atom stereocenters. The Hall–Kier alpha value is -4.12. The van der Waals surface area contributed by atoms with E-state index in [2.05, 4.69) is 42.8 Å². The van der Waals surface area contributed by atoms with Crippen LogP contribution in [0.2, 0.25) is 0 Å². The number of carbonyl (C=O) groups is 2. The minimum atomic E-state index is -0.526. The van der Waals surface area contributed by atoms with E-state index in [4.69, 9.17) is 14.5 Å². The fraction of sp³-hybridized carbons (Fsp3) is 0.467.